The number of aromatic nitrogens is 4. The van der Waals surface area contributed by atoms with Gasteiger partial charge in [-0.05, 0) is 6.42 Å². The molecule has 0 spiro atoms. The van der Waals surface area contributed by atoms with Crippen molar-refractivity contribution in [2.45, 2.75) is 13.0 Å². The third kappa shape index (κ3) is 2.42. The highest BCUT2D eigenvalue weighted by atomic mass is 15.3. The van der Waals surface area contributed by atoms with E-state index in [0.29, 0.717) is 6.54 Å². The Bertz CT molecular complexity index is 390. The van der Waals surface area contributed by atoms with Gasteiger partial charge in [0.2, 0.25) is 0 Å². The summed E-state index contributed by atoms with van der Waals surface area (Å²) in [5.41, 5.74) is 3.37. The lowest BCUT2D eigenvalue weighted by Crippen LogP contribution is -2.13. The highest BCUT2D eigenvalue weighted by Crippen LogP contribution is 2.04. The van der Waals surface area contributed by atoms with Crippen molar-refractivity contribution in [3.05, 3.63) is 31.1 Å². The topological polar surface area (TPSA) is 71.5 Å². The predicted molar refractivity (Wildman–Crippen MR) is 55.1 cm³/mol. The van der Waals surface area contributed by atoms with Gasteiger partial charge < -0.3 is 4.57 Å². The van der Waals surface area contributed by atoms with E-state index in [2.05, 4.69) is 15.5 Å². The summed E-state index contributed by atoms with van der Waals surface area (Å²) in [6.07, 6.45) is 10.0. The van der Waals surface area contributed by atoms with Crippen LogP contribution in [0.25, 0.3) is 5.69 Å². The molecule has 2 rings (SSSR count). The fourth-order valence-corrected chi connectivity index (χ4v) is 1.35. The SMILES string of the molecule is [NH]NCCCn1cc(-n2ccnc2)cn1. The summed E-state index contributed by atoms with van der Waals surface area (Å²) in [7, 11) is 0. The fourth-order valence-electron chi connectivity index (χ4n) is 1.35. The van der Waals surface area contributed by atoms with Crippen LogP contribution < -0.4 is 11.3 Å². The van der Waals surface area contributed by atoms with Crippen molar-refractivity contribution in [2.24, 2.45) is 0 Å². The van der Waals surface area contributed by atoms with Crippen LogP contribution in [0.3, 0.4) is 0 Å². The Morgan fingerprint density at radius 3 is 3.13 bits per heavy atom. The average Bonchev–Trinajstić information content (AvgIpc) is 2.87. The molecule has 0 atom stereocenters. The monoisotopic (exact) mass is 205 g/mol. The van der Waals surface area contributed by atoms with E-state index in [9.17, 15) is 0 Å². The zero-order valence-electron chi connectivity index (χ0n) is 8.30. The van der Waals surface area contributed by atoms with Crippen molar-refractivity contribution in [3.63, 3.8) is 0 Å². The molecule has 0 bridgehead atoms. The second kappa shape index (κ2) is 4.72. The average molecular weight is 205 g/mol. The van der Waals surface area contributed by atoms with E-state index >= 15 is 0 Å². The Kier molecular flexibility index (Phi) is 3.11. The van der Waals surface area contributed by atoms with Gasteiger partial charge in [-0.2, -0.15) is 10.9 Å². The number of nitrogens with one attached hydrogen (secondary N) is 2. The van der Waals surface area contributed by atoms with Crippen molar-refractivity contribution in [2.75, 3.05) is 6.54 Å². The van der Waals surface area contributed by atoms with E-state index in [1.54, 1.807) is 18.7 Å². The molecule has 2 aromatic heterocycles. The minimum Gasteiger partial charge on any atom is -0.303 e. The molecule has 0 amide bonds. The second-order valence-corrected chi connectivity index (χ2v) is 3.21. The molecule has 0 saturated carbocycles. The van der Waals surface area contributed by atoms with E-state index in [1.165, 1.54) is 0 Å². The minimum atomic E-state index is 0.681. The van der Waals surface area contributed by atoms with Crippen molar-refractivity contribution < 1.29 is 0 Å². The molecule has 0 aliphatic rings. The third-order valence-corrected chi connectivity index (χ3v) is 2.11. The highest BCUT2D eigenvalue weighted by molar-refractivity contribution is 5.24. The van der Waals surface area contributed by atoms with Gasteiger partial charge >= 0.3 is 0 Å². The Balaban J connectivity index is 1.98. The summed E-state index contributed by atoms with van der Waals surface area (Å²) in [6, 6.07) is 0. The molecule has 79 valence electrons. The molecule has 6 nitrogen and oxygen atoms in total. The largest absolute Gasteiger partial charge is 0.303 e. The Morgan fingerprint density at radius 1 is 1.47 bits per heavy atom. The zero-order valence-corrected chi connectivity index (χ0v) is 8.30. The van der Waals surface area contributed by atoms with Crippen LogP contribution in [-0.4, -0.2) is 25.9 Å². The maximum Gasteiger partial charge on any atom is 0.0992 e. The maximum absolute atomic E-state index is 6.80. The summed E-state index contributed by atoms with van der Waals surface area (Å²) in [5.74, 6) is 6.80. The lowest BCUT2D eigenvalue weighted by atomic mass is 10.4. The number of rotatable bonds is 5. The van der Waals surface area contributed by atoms with Gasteiger partial charge in [0.15, 0.2) is 0 Å². The first-order valence-electron chi connectivity index (χ1n) is 4.80. The van der Waals surface area contributed by atoms with Crippen LogP contribution >= 0.6 is 0 Å². The molecule has 0 aliphatic heterocycles. The molecule has 0 fully saturated rings. The van der Waals surface area contributed by atoms with E-state index in [1.807, 2.05) is 21.6 Å². The van der Waals surface area contributed by atoms with E-state index < -0.39 is 0 Å². The predicted octanol–water partition coefficient (Wildman–Crippen LogP) is 0.246. The van der Waals surface area contributed by atoms with Gasteiger partial charge in [0.1, 0.15) is 0 Å². The molecule has 0 saturated heterocycles. The Morgan fingerprint density at radius 2 is 2.40 bits per heavy atom. The summed E-state index contributed by atoms with van der Waals surface area (Å²) in [6.45, 7) is 1.50. The normalized spacial score (nSPS) is 10.7. The Labute approximate surface area is 87.7 Å². The molecule has 15 heavy (non-hydrogen) atoms. The van der Waals surface area contributed by atoms with Crippen LogP contribution in [0, 0.1) is 0 Å². The summed E-state index contributed by atoms with van der Waals surface area (Å²) >= 11 is 0. The molecule has 2 heterocycles. The van der Waals surface area contributed by atoms with Crippen LogP contribution in [-0.2, 0) is 6.54 Å². The van der Waals surface area contributed by atoms with E-state index in [0.717, 1.165) is 18.7 Å². The number of hydrogen-bond donors (Lipinski definition) is 1. The molecule has 0 aliphatic carbocycles. The molecule has 0 unspecified atom stereocenters. The third-order valence-electron chi connectivity index (χ3n) is 2.11. The summed E-state index contributed by atoms with van der Waals surface area (Å²) in [4.78, 5) is 3.97. The van der Waals surface area contributed by atoms with E-state index in [-0.39, 0.29) is 0 Å². The van der Waals surface area contributed by atoms with Gasteiger partial charge in [-0.15, -0.1) is 0 Å². The molecule has 1 radical (unpaired) electrons. The second-order valence-electron chi connectivity index (χ2n) is 3.21. The molecular weight excluding hydrogens is 192 g/mol. The first kappa shape index (κ1) is 9.88. The quantitative estimate of drug-likeness (QED) is 0.561. The zero-order chi connectivity index (χ0) is 10.5. The van der Waals surface area contributed by atoms with Gasteiger partial charge in [-0.1, -0.05) is 0 Å². The van der Waals surface area contributed by atoms with Crippen LogP contribution in [0.2, 0.25) is 0 Å². The van der Waals surface area contributed by atoms with Gasteiger partial charge in [0, 0.05) is 31.7 Å². The molecular formula is C9H13N6. The van der Waals surface area contributed by atoms with Crippen LogP contribution in [0.5, 0.6) is 0 Å². The number of imidazole rings is 1. The molecule has 2 aromatic rings. The van der Waals surface area contributed by atoms with Crippen LogP contribution in [0.4, 0.5) is 0 Å². The summed E-state index contributed by atoms with van der Waals surface area (Å²) < 4.78 is 3.78. The lowest BCUT2D eigenvalue weighted by molar-refractivity contribution is 0.546. The standard InChI is InChI=1S/C9H13N6/c10-12-2-1-4-15-7-9(6-13-15)14-5-3-11-8-14/h3,5-8,10,12H,1-2,4H2. The smallest absolute Gasteiger partial charge is 0.0992 e. The van der Waals surface area contributed by atoms with E-state index in [4.69, 9.17) is 5.84 Å². The highest BCUT2D eigenvalue weighted by Gasteiger charge is 1.99. The van der Waals surface area contributed by atoms with Gasteiger partial charge in [-0.25, -0.2) is 10.4 Å². The fraction of sp³-hybridized carbons (Fsp3) is 0.333. The van der Waals surface area contributed by atoms with Gasteiger partial charge in [-0.3, -0.25) is 4.68 Å². The van der Waals surface area contributed by atoms with Crippen molar-refractivity contribution >= 4 is 0 Å². The van der Waals surface area contributed by atoms with Crippen molar-refractivity contribution in [1.82, 2.24) is 30.6 Å². The lowest BCUT2D eigenvalue weighted by Gasteiger charge is -1.99. The summed E-state index contributed by atoms with van der Waals surface area (Å²) in [5, 5.41) is 4.22. The first-order valence-corrected chi connectivity index (χ1v) is 4.80. The number of nitrogens with zero attached hydrogens (tertiary/aromatic N) is 4. The molecule has 2 N–H and O–H groups in total. The van der Waals surface area contributed by atoms with Gasteiger partial charge in [0.25, 0.3) is 0 Å². The number of aryl methyl sites for hydroxylation is 1. The Hall–Kier alpha value is -1.66. The number of hydrogen-bond acceptors (Lipinski definition) is 3. The van der Waals surface area contributed by atoms with Crippen LogP contribution in [0.15, 0.2) is 31.1 Å². The minimum absolute atomic E-state index is 0.681. The van der Waals surface area contributed by atoms with Crippen LogP contribution in [0.1, 0.15) is 6.42 Å². The first-order chi connectivity index (χ1) is 7.40. The maximum atomic E-state index is 6.80. The van der Waals surface area contributed by atoms with Crippen molar-refractivity contribution in [1.29, 1.82) is 0 Å². The van der Waals surface area contributed by atoms with Gasteiger partial charge in [0.05, 0.1) is 18.2 Å². The molecule has 0 aromatic carbocycles. The van der Waals surface area contributed by atoms with Crippen molar-refractivity contribution in [3.8, 4) is 5.69 Å². The molecule has 6 heteroatoms.